The molecule has 0 fully saturated rings. The minimum atomic E-state index is -0.459. The average molecular weight is 1050 g/mol. The summed E-state index contributed by atoms with van der Waals surface area (Å²) in [5.74, 6) is 0. The molecule has 1 spiro atoms. The second-order valence-corrected chi connectivity index (χ2v) is 22.7. The molecule has 14 aromatic rings. The van der Waals surface area contributed by atoms with Gasteiger partial charge in [-0.1, -0.05) is 243 Å². The highest BCUT2D eigenvalue weighted by atomic mass is 15.2. The zero-order valence-corrected chi connectivity index (χ0v) is 45.3. The van der Waals surface area contributed by atoms with Crippen LogP contribution in [0, 0.1) is 0 Å². The van der Waals surface area contributed by atoms with Gasteiger partial charge in [0.15, 0.2) is 0 Å². The molecule has 0 bridgehead atoms. The monoisotopic (exact) mass is 1050 g/mol. The molecule has 3 nitrogen and oxygen atoms in total. The van der Waals surface area contributed by atoms with Crippen molar-refractivity contribution in [1.82, 2.24) is 4.57 Å². The lowest BCUT2D eigenvalue weighted by Gasteiger charge is -2.45. The molecule has 2 aliphatic carbocycles. The Morgan fingerprint density at radius 3 is 1.16 bits per heavy atom. The number of nitrogens with zero attached hydrogens (tertiary/aromatic N) is 3. The molecular weight excluding hydrogens is 1000 g/mol. The maximum Gasteiger partial charge on any atom is 0.252 e. The first kappa shape index (κ1) is 46.1. The summed E-state index contributed by atoms with van der Waals surface area (Å²) in [5, 5.41) is 2.47. The van der Waals surface area contributed by atoms with Gasteiger partial charge in [0, 0.05) is 44.9 Å². The van der Waals surface area contributed by atoms with Gasteiger partial charge in [-0.15, -0.1) is 0 Å². The number of aromatic nitrogens is 1. The van der Waals surface area contributed by atoms with Gasteiger partial charge in [0.2, 0.25) is 0 Å². The molecule has 0 saturated heterocycles. The highest BCUT2D eigenvalue weighted by Crippen LogP contribution is 2.63. The van der Waals surface area contributed by atoms with E-state index in [0.717, 1.165) is 28.4 Å². The number of rotatable bonds is 6. The molecule has 83 heavy (non-hydrogen) atoms. The molecule has 0 unspecified atom stereocenters. The largest absolute Gasteiger partial charge is 0.311 e. The Bertz CT molecular complexity index is 4890. The van der Waals surface area contributed by atoms with Gasteiger partial charge in [-0.25, -0.2) is 0 Å². The van der Waals surface area contributed by atoms with E-state index < -0.39 is 5.41 Å². The van der Waals surface area contributed by atoms with Crippen molar-refractivity contribution in [2.45, 2.75) is 5.41 Å². The second-order valence-electron chi connectivity index (χ2n) is 22.7. The molecule has 0 atom stereocenters. The van der Waals surface area contributed by atoms with Crippen molar-refractivity contribution in [1.29, 1.82) is 0 Å². The van der Waals surface area contributed by atoms with E-state index >= 15 is 0 Å². The first-order valence-corrected chi connectivity index (χ1v) is 28.9. The van der Waals surface area contributed by atoms with Crippen molar-refractivity contribution in [2.75, 3.05) is 9.80 Å². The van der Waals surface area contributed by atoms with E-state index in [4.69, 9.17) is 0 Å². The Hall–Kier alpha value is -10.7. The summed E-state index contributed by atoms with van der Waals surface area (Å²) in [5.41, 5.74) is 31.3. The van der Waals surface area contributed by atoms with Crippen LogP contribution in [0.5, 0.6) is 0 Å². The van der Waals surface area contributed by atoms with Crippen LogP contribution in [-0.4, -0.2) is 11.3 Å². The van der Waals surface area contributed by atoms with Crippen LogP contribution < -0.4 is 26.2 Å². The molecule has 18 rings (SSSR count). The topological polar surface area (TPSA) is 11.4 Å². The maximum atomic E-state index is 2.62. The van der Waals surface area contributed by atoms with Crippen LogP contribution in [-0.2, 0) is 5.41 Å². The average Bonchev–Trinajstić information content (AvgIpc) is 1.73. The van der Waals surface area contributed by atoms with E-state index in [1.165, 1.54) is 127 Å². The van der Waals surface area contributed by atoms with Gasteiger partial charge in [-0.3, -0.25) is 0 Å². The zero-order valence-electron chi connectivity index (χ0n) is 45.3. The molecule has 0 radical (unpaired) electrons. The Morgan fingerprint density at radius 1 is 0.253 bits per heavy atom. The van der Waals surface area contributed by atoms with Crippen LogP contribution in [0.15, 0.2) is 303 Å². The summed E-state index contributed by atoms with van der Waals surface area (Å²) in [6, 6.07) is 114. The first-order chi connectivity index (χ1) is 41.2. The molecule has 3 heterocycles. The molecule has 0 amide bonds. The number of para-hydroxylation sites is 2. The fraction of sp³-hybridized carbons (Fsp3) is 0.0127. The van der Waals surface area contributed by atoms with Gasteiger partial charge in [0.05, 0.1) is 22.1 Å². The van der Waals surface area contributed by atoms with E-state index in [2.05, 4.69) is 318 Å². The highest BCUT2D eigenvalue weighted by Gasteiger charge is 2.52. The van der Waals surface area contributed by atoms with Gasteiger partial charge in [0.25, 0.3) is 6.71 Å². The number of benzene rings is 13. The molecule has 1 aromatic heterocycles. The minimum Gasteiger partial charge on any atom is -0.311 e. The van der Waals surface area contributed by atoms with E-state index in [1.807, 2.05) is 0 Å². The molecule has 0 N–H and O–H groups in total. The van der Waals surface area contributed by atoms with Crippen molar-refractivity contribution < 1.29 is 0 Å². The summed E-state index contributed by atoms with van der Waals surface area (Å²) in [6.45, 7) is -0.134. The lowest BCUT2D eigenvalue weighted by Crippen LogP contribution is -2.61. The summed E-state index contributed by atoms with van der Waals surface area (Å²) < 4.78 is 2.50. The third-order valence-electron chi connectivity index (χ3n) is 18.6. The normalized spacial score (nSPS) is 13.6. The standard InChI is InChI=1S/C79H50BN3/c1-4-20-51(21-5-1)54-36-40-57(41-37-54)81-74-44-38-55(52-22-6-2-7-23-52)46-70(74)80-71-47-56(53-24-8-3-9-25-53)39-45-75(71)82(77-50-59(49-76(81)78(77)80)83-72-34-18-13-29-63(72)64-30-14-19-35-73(64)83)58-42-43-69-65(48-58)62-28-12-17-33-68(62)79(69)66-31-15-10-26-60(66)61-27-11-16-32-67(61)79/h1-50H. The van der Waals surface area contributed by atoms with Crippen LogP contribution in [0.25, 0.3) is 83.1 Å². The molecule has 13 aromatic carbocycles. The third-order valence-corrected chi connectivity index (χ3v) is 18.6. The Kier molecular flexibility index (Phi) is 9.81. The summed E-state index contributed by atoms with van der Waals surface area (Å²) in [4.78, 5) is 5.18. The fourth-order valence-corrected chi connectivity index (χ4v) is 15.2. The Labute approximate surface area is 483 Å². The molecule has 384 valence electrons. The predicted molar refractivity (Wildman–Crippen MR) is 347 cm³/mol. The van der Waals surface area contributed by atoms with E-state index in [9.17, 15) is 0 Å². The number of fused-ring (bicyclic) bond motifs is 17. The van der Waals surface area contributed by atoms with Crippen LogP contribution >= 0.6 is 0 Å². The van der Waals surface area contributed by atoms with Crippen molar-refractivity contribution in [3.63, 3.8) is 0 Å². The number of anilines is 6. The number of hydrogen-bond acceptors (Lipinski definition) is 2. The Balaban J connectivity index is 0.954. The van der Waals surface area contributed by atoms with Crippen molar-refractivity contribution in [3.05, 3.63) is 326 Å². The van der Waals surface area contributed by atoms with Crippen molar-refractivity contribution in [3.8, 4) is 61.3 Å². The Morgan fingerprint density at radius 2 is 0.639 bits per heavy atom. The summed E-state index contributed by atoms with van der Waals surface area (Å²) in [7, 11) is 0. The van der Waals surface area contributed by atoms with Crippen LogP contribution in [0.4, 0.5) is 34.1 Å². The quantitative estimate of drug-likeness (QED) is 0.154. The fourth-order valence-electron chi connectivity index (χ4n) is 15.2. The van der Waals surface area contributed by atoms with Gasteiger partial charge < -0.3 is 14.4 Å². The molecule has 4 aliphatic rings. The summed E-state index contributed by atoms with van der Waals surface area (Å²) in [6.07, 6.45) is 0. The van der Waals surface area contributed by atoms with Gasteiger partial charge in [-0.2, -0.15) is 0 Å². The van der Waals surface area contributed by atoms with Crippen LogP contribution in [0.1, 0.15) is 22.3 Å². The van der Waals surface area contributed by atoms with E-state index in [-0.39, 0.29) is 6.71 Å². The van der Waals surface area contributed by atoms with Gasteiger partial charge >= 0.3 is 0 Å². The first-order valence-electron chi connectivity index (χ1n) is 28.9. The van der Waals surface area contributed by atoms with Crippen LogP contribution in [0.2, 0.25) is 0 Å². The number of hydrogen-bond donors (Lipinski definition) is 0. The highest BCUT2D eigenvalue weighted by molar-refractivity contribution is 7.00. The SMILES string of the molecule is c1ccc(-c2ccc(N3c4ccc(-c5ccccc5)cc4B4c5cc(-c6ccccc6)ccc5N(c5ccc6c(c5)-c5ccccc5C65c6ccccc6-c6ccccc65)c5cc(-n6c7ccccc7c7ccccc76)cc3c54)cc2)cc1. The van der Waals surface area contributed by atoms with Crippen molar-refractivity contribution >= 4 is 79.0 Å². The van der Waals surface area contributed by atoms with Gasteiger partial charge in [0.1, 0.15) is 0 Å². The maximum absolute atomic E-state index is 2.62. The molecule has 0 saturated carbocycles. The van der Waals surface area contributed by atoms with E-state index in [1.54, 1.807) is 0 Å². The lowest BCUT2D eigenvalue weighted by molar-refractivity contribution is 0.794. The second kappa shape index (κ2) is 17.7. The molecule has 4 heteroatoms. The van der Waals surface area contributed by atoms with Gasteiger partial charge in [-0.05, 0) is 155 Å². The summed E-state index contributed by atoms with van der Waals surface area (Å²) >= 11 is 0. The molecular formula is C79H50BN3. The smallest absolute Gasteiger partial charge is 0.252 e. The predicted octanol–water partition coefficient (Wildman–Crippen LogP) is 18.2. The molecule has 2 aliphatic heterocycles. The zero-order chi connectivity index (χ0) is 54.3. The third kappa shape index (κ3) is 6.52. The lowest BCUT2D eigenvalue weighted by atomic mass is 9.33. The van der Waals surface area contributed by atoms with E-state index in [0.29, 0.717) is 0 Å². The minimum absolute atomic E-state index is 0.134. The van der Waals surface area contributed by atoms with Crippen molar-refractivity contribution in [2.24, 2.45) is 0 Å². The van der Waals surface area contributed by atoms with Crippen LogP contribution in [0.3, 0.4) is 0 Å².